The number of aromatic nitrogens is 5. The summed E-state index contributed by atoms with van der Waals surface area (Å²) in [5.74, 6) is -0.783. The molecule has 0 saturated carbocycles. The Morgan fingerprint density at radius 2 is 1.24 bits per heavy atom. The van der Waals surface area contributed by atoms with Crippen LogP contribution in [0.5, 0.6) is 0 Å². The minimum atomic E-state index is -4.78. The summed E-state index contributed by atoms with van der Waals surface area (Å²) in [6.45, 7) is 1.35. The first-order chi connectivity index (χ1) is 23.7. The number of benzene rings is 3. The Labute approximate surface area is 280 Å². The van der Waals surface area contributed by atoms with Crippen LogP contribution in [-0.4, -0.2) is 38.7 Å². The van der Waals surface area contributed by atoms with Crippen LogP contribution in [0.2, 0.25) is 0 Å². The number of hydrogen-bond donors (Lipinski definition) is 0. The number of halogens is 9. The fourth-order valence-corrected chi connectivity index (χ4v) is 5.77. The number of hydrogen-bond acceptors (Lipinski definition) is 7. The first kappa shape index (κ1) is 36.7. The van der Waals surface area contributed by atoms with E-state index in [2.05, 4.69) is 15.2 Å². The minimum Gasteiger partial charge on any atom is -0.267 e. The van der Waals surface area contributed by atoms with Crippen LogP contribution >= 0.6 is 0 Å². The number of sulfone groups is 1. The molecule has 0 aliphatic carbocycles. The van der Waals surface area contributed by atoms with Crippen molar-refractivity contribution in [3.63, 3.8) is 0 Å². The average Bonchev–Trinajstić information content (AvgIpc) is 3.07. The van der Waals surface area contributed by atoms with Crippen LogP contribution in [0.3, 0.4) is 0 Å². The summed E-state index contributed by atoms with van der Waals surface area (Å²) in [5.41, 5.74) is -3.51. The van der Waals surface area contributed by atoms with Crippen molar-refractivity contribution in [2.45, 2.75) is 30.5 Å². The molecule has 0 N–H and O–H groups in total. The Balaban J connectivity index is 0.000000279. The van der Waals surface area contributed by atoms with Gasteiger partial charge in [-0.3, -0.25) is 9.59 Å². The molecular formula is C32H20F9N5O4S. The molecule has 3 heterocycles. The third kappa shape index (κ3) is 7.62. The molecule has 51 heavy (non-hydrogen) atoms. The van der Waals surface area contributed by atoms with Gasteiger partial charge in [0.1, 0.15) is 4.90 Å². The molecule has 6 rings (SSSR count). The van der Waals surface area contributed by atoms with Crippen molar-refractivity contribution in [1.29, 1.82) is 0 Å². The van der Waals surface area contributed by atoms with Gasteiger partial charge in [0.25, 0.3) is 11.1 Å². The normalized spacial score (nSPS) is 12.5. The molecule has 9 nitrogen and oxygen atoms in total. The maximum atomic E-state index is 13.0. The van der Waals surface area contributed by atoms with E-state index in [1.165, 1.54) is 25.1 Å². The molecule has 0 atom stereocenters. The lowest BCUT2D eigenvalue weighted by molar-refractivity contribution is -0.215. The minimum absolute atomic E-state index is 0.00447. The summed E-state index contributed by atoms with van der Waals surface area (Å²) in [4.78, 5) is 28.0. The highest BCUT2D eigenvalue weighted by molar-refractivity contribution is 7.91. The number of pyridine rings is 1. The lowest BCUT2D eigenvalue weighted by Gasteiger charge is -2.13. The largest absolute Gasteiger partial charge is 0.507 e. The van der Waals surface area contributed by atoms with E-state index in [-0.39, 0.29) is 33.1 Å². The van der Waals surface area contributed by atoms with Gasteiger partial charge in [0.15, 0.2) is 15.7 Å². The fraction of sp³-hybridized carbons (Fsp3) is 0.156. The maximum absolute atomic E-state index is 13.0. The zero-order chi connectivity index (χ0) is 37.5. The predicted molar refractivity (Wildman–Crippen MR) is 166 cm³/mol. The lowest BCUT2D eigenvalue weighted by atomic mass is 10.1. The summed E-state index contributed by atoms with van der Waals surface area (Å²) in [6.07, 6.45) is -10.8. The molecule has 0 aliphatic rings. The van der Waals surface area contributed by atoms with E-state index in [0.29, 0.717) is 10.1 Å². The van der Waals surface area contributed by atoms with Crippen LogP contribution in [0.25, 0.3) is 38.5 Å². The van der Waals surface area contributed by atoms with Crippen molar-refractivity contribution in [2.75, 3.05) is 5.75 Å². The highest BCUT2D eigenvalue weighted by atomic mass is 32.2. The van der Waals surface area contributed by atoms with Gasteiger partial charge in [-0.15, -0.1) is 17.9 Å². The van der Waals surface area contributed by atoms with E-state index in [1.807, 2.05) is 0 Å². The van der Waals surface area contributed by atoms with E-state index in [9.17, 15) is 57.5 Å². The zero-order valence-electron chi connectivity index (χ0n) is 25.5. The van der Waals surface area contributed by atoms with Gasteiger partial charge in [0.2, 0.25) is 0 Å². The fourth-order valence-electron chi connectivity index (χ4n) is 4.74. The summed E-state index contributed by atoms with van der Waals surface area (Å²) in [5, 5.41) is 7.04. The number of rotatable bonds is 4. The Morgan fingerprint density at radius 3 is 1.84 bits per heavy atom. The third-order valence-electron chi connectivity index (χ3n) is 7.34. The van der Waals surface area contributed by atoms with Crippen LogP contribution in [0.4, 0.5) is 39.5 Å². The second kappa shape index (κ2) is 13.3. The van der Waals surface area contributed by atoms with E-state index >= 15 is 0 Å². The first-order valence-electron chi connectivity index (χ1n) is 14.3. The standard InChI is InChI=1S/C23H15F6N3O3S.C9H5F3N2O/c1-2-36(34,35)19-10-14(13-3-5-16(6-4-13)22(24,25)26)11-30-20(19)32-21(33)18-8-7-17(23(27,28)29)9-15(18)12-31-32;10-9(11,12)14-8(15)7-4-2-1-3-6(7)5-13-14/h3-12H,2H2,1H3;1-5H. The van der Waals surface area contributed by atoms with E-state index in [0.717, 1.165) is 67.1 Å². The van der Waals surface area contributed by atoms with Crippen LogP contribution in [-0.2, 0) is 28.5 Å². The maximum Gasteiger partial charge on any atom is 0.507 e. The van der Waals surface area contributed by atoms with E-state index in [1.54, 1.807) is 6.07 Å². The van der Waals surface area contributed by atoms with Crippen LogP contribution in [0.1, 0.15) is 18.1 Å². The van der Waals surface area contributed by atoms with Crippen LogP contribution in [0.15, 0.2) is 106 Å². The van der Waals surface area contributed by atoms with Gasteiger partial charge in [-0.05, 0) is 48.0 Å². The van der Waals surface area contributed by atoms with Gasteiger partial charge in [0.05, 0.1) is 40.0 Å². The Kier molecular flexibility index (Phi) is 9.55. The van der Waals surface area contributed by atoms with Crippen LogP contribution < -0.4 is 11.1 Å². The Morgan fingerprint density at radius 1 is 0.647 bits per heavy atom. The Bertz CT molecular complexity index is 2490. The zero-order valence-corrected chi connectivity index (χ0v) is 26.4. The Hall–Kier alpha value is -5.59. The summed E-state index contributed by atoms with van der Waals surface area (Å²) >= 11 is 0. The smallest absolute Gasteiger partial charge is 0.267 e. The lowest BCUT2D eigenvalue weighted by Crippen LogP contribution is -2.32. The summed E-state index contributed by atoms with van der Waals surface area (Å²) in [6, 6.07) is 13.6. The highest BCUT2D eigenvalue weighted by Gasteiger charge is 2.34. The molecule has 0 aliphatic heterocycles. The monoisotopic (exact) mass is 741 g/mol. The quantitative estimate of drug-likeness (QED) is 0.176. The van der Waals surface area contributed by atoms with Gasteiger partial charge >= 0.3 is 18.7 Å². The highest BCUT2D eigenvalue weighted by Crippen LogP contribution is 2.33. The molecule has 0 spiro atoms. The summed E-state index contributed by atoms with van der Waals surface area (Å²) < 4.78 is 140. The third-order valence-corrected chi connectivity index (χ3v) is 9.07. The van der Waals surface area contributed by atoms with Crippen molar-refractivity contribution >= 4 is 31.4 Å². The van der Waals surface area contributed by atoms with Gasteiger partial charge in [-0.25, -0.2) is 13.4 Å². The number of alkyl halides is 9. The van der Waals surface area contributed by atoms with Crippen molar-refractivity contribution in [1.82, 2.24) is 24.5 Å². The molecular weight excluding hydrogens is 721 g/mol. The van der Waals surface area contributed by atoms with E-state index in [4.69, 9.17) is 0 Å². The number of nitrogens with zero attached hydrogens (tertiary/aromatic N) is 5. The molecule has 266 valence electrons. The molecule has 3 aromatic carbocycles. The predicted octanol–water partition coefficient (Wildman–Crippen LogP) is 7.15. The molecule has 0 bridgehead atoms. The second-order valence-corrected chi connectivity index (χ2v) is 12.8. The van der Waals surface area contributed by atoms with Crippen molar-refractivity contribution in [2.24, 2.45) is 0 Å². The SMILES string of the molecule is CCS(=O)(=O)c1cc(-c2ccc(C(F)(F)F)cc2)cnc1-n1ncc2cc(C(F)(F)F)ccc2c1=O.O=c1c2ccccc2cnn1C(F)(F)F. The molecule has 6 aromatic rings. The topological polar surface area (TPSA) is 117 Å². The molecule has 0 fully saturated rings. The molecule has 0 radical (unpaired) electrons. The van der Waals surface area contributed by atoms with Gasteiger partial charge < -0.3 is 0 Å². The molecule has 19 heteroatoms. The first-order valence-corrected chi connectivity index (χ1v) is 15.9. The van der Waals surface area contributed by atoms with Gasteiger partial charge in [-0.2, -0.15) is 41.2 Å². The molecule has 0 saturated heterocycles. The van der Waals surface area contributed by atoms with E-state index < -0.39 is 66.1 Å². The van der Waals surface area contributed by atoms with Crippen LogP contribution in [0, 0.1) is 0 Å². The number of fused-ring (bicyclic) bond motifs is 2. The second-order valence-electron chi connectivity index (χ2n) is 10.6. The molecule has 0 amide bonds. The van der Waals surface area contributed by atoms with Crippen molar-refractivity contribution in [3.05, 3.63) is 123 Å². The average molecular weight is 742 g/mol. The van der Waals surface area contributed by atoms with Crippen molar-refractivity contribution < 1.29 is 47.9 Å². The van der Waals surface area contributed by atoms with Gasteiger partial charge in [0, 0.05) is 22.5 Å². The van der Waals surface area contributed by atoms with Gasteiger partial charge in [-0.1, -0.05) is 37.3 Å². The summed E-state index contributed by atoms with van der Waals surface area (Å²) in [7, 11) is -4.03. The molecule has 0 unspecified atom stereocenters. The van der Waals surface area contributed by atoms with Crippen molar-refractivity contribution in [3.8, 4) is 16.9 Å². The molecule has 3 aromatic heterocycles.